The molecule has 1 unspecified atom stereocenters. The molecule has 1 atom stereocenters. The van der Waals surface area contributed by atoms with E-state index in [2.05, 4.69) is 4.98 Å². The molecule has 0 aliphatic carbocycles. The van der Waals surface area contributed by atoms with Crippen LogP contribution in [0, 0.1) is 0 Å². The zero-order valence-corrected chi connectivity index (χ0v) is 12.0. The fraction of sp³-hybridized carbons (Fsp3) is 0.176. The molecule has 3 aromatic rings. The van der Waals surface area contributed by atoms with Crippen LogP contribution in [0.5, 0.6) is 0 Å². The van der Waals surface area contributed by atoms with Crippen LogP contribution in [-0.4, -0.2) is 22.7 Å². The van der Waals surface area contributed by atoms with Gasteiger partial charge in [0.2, 0.25) is 5.76 Å². The highest BCUT2D eigenvalue weighted by Gasteiger charge is 2.16. The van der Waals surface area contributed by atoms with Crippen LogP contribution < -0.4 is 0 Å². The van der Waals surface area contributed by atoms with Crippen molar-refractivity contribution in [2.45, 2.75) is 13.0 Å². The van der Waals surface area contributed by atoms with Gasteiger partial charge in [0, 0.05) is 23.3 Å². The second-order valence-corrected chi connectivity index (χ2v) is 4.82. The van der Waals surface area contributed by atoms with Crippen LogP contribution in [0.15, 0.2) is 53.2 Å². The molecule has 2 heterocycles. The van der Waals surface area contributed by atoms with Crippen molar-refractivity contribution in [3.63, 3.8) is 0 Å². The third-order valence-electron chi connectivity index (χ3n) is 3.33. The van der Waals surface area contributed by atoms with Gasteiger partial charge < -0.3 is 14.3 Å². The molecule has 0 saturated carbocycles. The quantitative estimate of drug-likeness (QED) is 0.749. The van der Waals surface area contributed by atoms with Crippen molar-refractivity contribution in [1.82, 2.24) is 4.98 Å². The number of aliphatic hydroxyl groups excluding tert-OH is 1. The second kappa shape index (κ2) is 5.99. The minimum Gasteiger partial charge on any atom is -0.460 e. The standard InChI is InChI=1S/C17H15NO4/c1-2-21-17(20)15-9-13-8-11(5-6-14(13)22-15)16(19)12-4-3-7-18-10-12/h3-10,16,19H,2H2,1H3. The summed E-state index contributed by atoms with van der Waals surface area (Å²) in [5, 5.41) is 11.1. The number of benzene rings is 1. The number of pyridine rings is 1. The number of hydrogen-bond donors (Lipinski definition) is 1. The highest BCUT2D eigenvalue weighted by Crippen LogP contribution is 2.27. The number of furan rings is 1. The molecule has 1 aromatic carbocycles. The minimum absolute atomic E-state index is 0.157. The van der Waals surface area contributed by atoms with Gasteiger partial charge >= 0.3 is 5.97 Å². The van der Waals surface area contributed by atoms with Gasteiger partial charge in [0.15, 0.2) is 0 Å². The smallest absolute Gasteiger partial charge is 0.374 e. The number of esters is 1. The van der Waals surface area contributed by atoms with Crippen molar-refractivity contribution in [3.8, 4) is 0 Å². The lowest BCUT2D eigenvalue weighted by Crippen LogP contribution is -2.02. The maximum Gasteiger partial charge on any atom is 0.374 e. The van der Waals surface area contributed by atoms with Crippen molar-refractivity contribution in [1.29, 1.82) is 0 Å². The molecule has 2 aromatic heterocycles. The van der Waals surface area contributed by atoms with Crippen molar-refractivity contribution in [2.24, 2.45) is 0 Å². The summed E-state index contributed by atoms with van der Waals surface area (Å²) < 4.78 is 10.4. The molecule has 0 saturated heterocycles. The first-order chi connectivity index (χ1) is 10.7. The Bertz CT molecular complexity index is 795. The van der Waals surface area contributed by atoms with Gasteiger partial charge in [-0.2, -0.15) is 0 Å². The molecule has 0 bridgehead atoms. The maximum atomic E-state index is 11.7. The Morgan fingerprint density at radius 3 is 2.91 bits per heavy atom. The number of nitrogens with zero attached hydrogens (tertiary/aromatic N) is 1. The van der Waals surface area contributed by atoms with E-state index in [1.807, 2.05) is 0 Å². The summed E-state index contributed by atoms with van der Waals surface area (Å²) >= 11 is 0. The summed E-state index contributed by atoms with van der Waals surface area (Å²) in [6, 6.07) is 10.5. The maximum absolute atomic E-state index is 11.7. The Morgan fingerprint density at radius 1 is 1.32 bits per heavy atom. The van der Waals surface area contributed by atoms with Crippen molar-refractivity contribution < 1.29 is 19.1 Å². The van der Waals surface area contributed by atoms with Crippen LogP contribution in [0.2, 0.25) is 0 Å². The van der Waals surface area contributed by atoms with Gasteiger partial charge in [0.1, 0.15) is 11.7 Å². The van der Waals surface area contributed by atoms with Crippen LogP contribution in [0.1, 0.15) is 34.7 Å². The van der Waals surface area contributed by atoms with E-state index in [0.29, 0.717) is 23.3 Å². The summed E-state index contributed by atoms with van der Waals surface area (Å²) in [6.07, 6.45) is 2.49. The number of aromatic nitrogens is 1. The average molecular weight is 297 g/mol. The Hall–Kier alpha value is -2.66. The van der Waals surface area contributed by atoms with E-state index in [0.717, 1.165) is 5.39 Å². The molecule has 22 heavy (non-hydrogen) atoms. The number of fused-ring (bicyclic) bond motifs is 1. The van der Waals surface area contributed by atoms with Crippen molar-refractivity contribution >= 4 is 16.9 Å². The largest absolute Gasteiger partial charge is 0.460 e. The first-order valence-electron chi connectivity index (χ1n) is 6.97. The summed E-state index contributed by atoms with van der Waals surface area (Å²) in [6.45, 7) is 2.03. The predicted octanol–water partition coefficient (Wildman–Crippen LogP) is 3.09. The number of hydrogen-bond acceptors (Lipinski definition) is 5. The van der Waals surface area contributed by atoms with Gasteiger partial charge in [-0.25, -0.2) is 4.79 Å². The molecule has 0 aliphatic rings. The molecule has 5 heteroatoms. The van der Waals surface area contributed by atoms with Gasteiger partial charge in [-0.15, -0.1) is 0 Å². The van der Waals surface area contributed by atoms with Gasteiger partial charge in [0.25, 0.3) is 0 Å². The molecular formula is C17H15NO4. The van der Waals surface area contributed by atoms with E-state index in [1.165, 1.54) is 0 Å². The van der Waals surface area contributed by atoms with Crippen LogP contribution in [0.4, 0.5) is 0 Å². The summed E-state index contributed by atoms with van der Waals surface area (Å²) in [5.41, 5.74) is 1.98. The summed E-state index contributed by atoms with van der Waals surface area (Å²) in [4.78, 5) is 15.7. The molecule has 0 radical (unpaired) electrons. The lowest BCUT2D eigenvalue weighted by atomic mass is 10.0. The molecular weight excluding hydrogens is 282 g/mol. The Morgan fingerprint density at radius 2 is 2.18 bits per heavy atom. The van der Waals surface area contributed by atoms with E-state index < -0.39 is 12.1 Å². The zero-order chi connectivity index (χ0) is 15.5. The summed E-state index contributed by atoms with van der Waals surface area (Å²) in [5.74, 6) is -0.335. The molecule has 0 spiro atoms. The van der Waals surface area contributed by atoms with Gasteiger partial charge in [-0.3, -0.25) is 4.98 Å². The third-order valence-corrected chi connectivity index (χ3v) is 3.33. The molecule has 0 fully saturated rings. The van der Waals surface area contributed by atoms with E-state index in [9.17, 15) is 9.90 Å². The molecule has 5 nitrogen and oxygen atoms in total. The Kier molecular flexibility index (Phi) is 3.89. The monoisotopic (exact) mass is 297 g/mol. The number of ether oxygens (including phenoxy) is 1. The van der Waals surface area contributed by atoms with E-state index in [4.69, 9.17) is 9.15 Å². The fourth-order valence-corrected chi connectivity index (χ4v) is 2.26. The lowest BCUT2D eigenvalue weighted by Gasteiger charge is -2.10. The number of carbonyl (C=O) groups excluding carboxylic acids is 1. The first-order valence-corrected chi connectivity index (χ1v) is 6.97. The third kappa shape index (κ3) is 2.71. The molecule has 0 amide bonds. The molecule has 1 N–H and O–H groups in total. The first kappa shape index (κ1) is 14.3. The highest BCUT2D eigenvalue weighted by atomic mass is 16.5. The van der Waals surface area contributed by atoms with Crippen molar-refractivity contribution in [2.75, 3.05) is 6.61 Å². The average Bonchev–Trinajstić information content (AvgIpc) is 2.98. The van der Waals surface area contributed by atoms with Gasteiger partial charge in [0.05, 0.1) is 6.61 Å². The highest BCUT2D eigenvalue weighted by molar-refractivity contribution is 5.92. The Balaban J connectivity index is 1.94. The molecule has 3 rings (SSSR count). The van der Waals surface area contributed by atoms with Crippen LogP contribution >= 0.6 is 0 Å². The normalized spacial score (nSPS) is 12.3. The second-order valence-electron chi connectivity index (χ2n) is 4.82. The van der Waals surface area contributed by atoms with Crippen LogP contribution in [-0.2, 0) is 4.74 Å². The van der Waals surface area contributed by atoms with E-state index in [-0.39, 0.29) is 5.76 Å². The predicted molar refractivity (Wildman–Crippen MR) is 80.5 cm³/mol. The minimum atomic E-state index is -0.779. The fourth-order valence-electron chi connectivity index (χ4n) is 2.26. The van der Waals surface area contributed by atoms with Crippen molar-refractivity contribution in [3.05, 3.63) is 65.7 Å². The number of carbonyl (C=O) groups is 1. The van der Waals surface area contributed by atoms with Crippen LogP contribution in [0.3, 0.4) is 0 Å². The van der Waals surface area contributed by atoms with E-state index in [1.54, 1.807) is 55.7 Å². The van der Waals surface area contributed by atoms with E-state index >= 15 is 0 Å². The SMILES string of the molecule is CCOC(=O)c1cc2cc(C(O)c3cccnc3)ccc2o1. The Labute approximate surface area is 127 Å². The summed E-state index contributed by atoms with van der Waals surface area (Å²) in [7, 11) is 0. The number of aliphatic hydroxyl groups is 1. The topological polar surface area (TPSA) is 72.6 Å². The lowest BCUT2D eigenvalue weighted by molar-refractivity contribution is 0.0492. The molecule has 0 aliphatic heterocycles. The molecule has 112 valence electrons. The van der Waals surface area contributed by atoms with Gasteiger partial charge in [-0.05, 0) is 36.8 Å². The number of rotatable bonds is 4. The van der Waals surface area contributed by atoms with Gasteiger partial charge in [-0.1, -0.05) is 12.1 Å². The zero-order valence-electron chi connectivity index (χ0n) is 12.0. The van der Waals surface area contributed by atoms with Crippen LogP contribution in [0.25, 0.3) is 11.0 Å².